The van der Waals surface area contributed by atoms with Gasteiger partial charge in [0, 0.05) is 12.4 Å². The second-order valence-corrected chi connectivity index (χ2v) is 14.6. The molecular weight excluding hydrogens is 637 g/mol. The molecule has 0 aliphatic carbocycles. The lowest BCUT2D eigenvalue weighted by atomic mass is 9.97. The van der Waals surface area contributed by atoms with Crippen molar-refractivity contribution in [2.45, 2.75) is 71.4 Å². The average Bonchev–Trinajstić information content (AvgIpc) is 3.50. The Kier molecular flexibility index (Phi) is 9.34. The summed E-state index contributed by atoms with van der Waals surface area (Å²) in [5.74, 6) is -3.23. The van der Waals surface area contributed by atoms with Crippen molar-refractivity contribution in [1.82, 2.24) is 24.6 Å². The molecule has 13 nitrogen and oxygen atoms in total. The summed E-state index contributed by atoms with van der Waals surface area (Å²) in [6.45, 7) is 8.37. The third-order valence-corrected chi connectivity index (χ3v) is 9.12. The van der Waals surface area contributed by atoms with E-state index in [1.54, 1.807) is 50.4 Å². The molecule has 2 aromatic carbocycles. The lowest BCUT2D eigenvalue weighted by Crippen LogP contribution is -2.47. The first-order chi connectivity index (χ1) is 22.0. The molecule has 3 N–H and O–H groups in total. The molecule has 5 rings (SSSR count). The van der Waals surface area contributed by atoms with E-state index in [1.807, 2.05) is 20.8 Å². The number of ether oxygens (including phenoxy) is 2. The van der Waals surface area contributed by atoms with Crippen LogP contribution in [-0.2, 0) is 23.4 Å². The Balaban J connectivity index is 1.44. The van der Waals surface area contributed by atoms with Crippen LogP contribution in [-0.4, -0.2) is 74.5 Å². The number of aliphatic hydroxyl groups is 1. The normalized spacial score (nSPS) is 25.1. The van der Waals surface area contributed by atoms with Crippen molar-refractivity contribution < 1.29 is 41.8 Å². The van der Waals surface area contributed by atoms with Gasteiger partial charge in [-0.2, -0.15) is 5.09 Å². The summed E-state index contributed by atoms with van der Waals surface area (Å²) in [4.78, 5) is 25.6. The van der Waals surface area contributed by atoms with Crippen LogP contribution < -0.4 is 14.9 Å². The molecule has 4 aromatic rings. The Bertz CT molecular complexity index is 1830. The molecule has 0 spiro atoms. The number of imidazole rings is 1. The summed E-state index contributed by atoms with van der Waals surface area (Å²) >= 11 is 0. The molecule has 0 bridgehead atoms. The van der Waals surface area contributed by atoms with Crippen molar-refractivity contribution in [3.05, 3.63) is 54.6 Å². The zero-order valence-electron chi connectivity index (χ0n) is 27.2. The summed E-state index contributed by atoms with van der Waals surface area (Å²) in [6.07, 6.45) is -3.00. The summed E-state index contributed by atoms with van der Waals surface area (Å²) in [5.41, 5.74) is -2.70. The molecular formula is C31H39F2N6O7P. The Morgan fingerprint density at radius 2 is 1.89 bits per heavy atom. The molecule has 1 saturated heterocycles. The molecule has 1 aliphatic rings. The number of nitrogens with one attached hydrogen (secondary N) is 2. The number of aromatic nitrogens is 4. The first-order valence-electron chi connectivity index (χ1n) is 15.0. The van der Waals surface area contributed by atoms with Gasteiger partial charge in [0.2, 0.25) is 0 Å². The molecule has 254 valence electrons. The Morgan fingerprint density at radius 1 is 1.19 bits per heavy atom. The van der Waals surface area contributed by atoms with Crippen molar-refractivity contribution in [2.75, 3.05) is 25.6 Å². The van der Waals surface area contributed by atoms with Crippen molar-refractivity contribution >= 4 is 41.5 Å². The number of hydrogen-bond donors (Lipinski definition) is 3. The van der Waals surface area contributed by atoms with E-state index in [9.17, 15) is 14.5 Å². The van der Waals surface area contributed by atoms with Gasteiger partial charge >= 0.3 is 13.7 Å². The van der Waals surface area contributed by atoms with Crippen LogP contribution in [0.5, 0.6) is 5.75 Å². The van der Waals surface area contributed by atoms with Gasteiger partial charge in [-0.25, -0.2) is 28.3 Å². The van der Waals surface area contributed by atoms with E-state index in [4.69, 9.17) is 18.5 Å². The van der Waals surface area contributed by atoms with Gasteiger partial charge in [-0.3, -0.25) is 13.9 Å². The Labute approximate surface area is 270 Å². The number of aryl methyl sites for hydroxylation is 1. The smallest absolute Gasteiger partial charge is 0.459 e. The molecule has 0 radical (unpaired) electrons. The highest BCUT2D eigenvalue weighted by Crippen LogP contribution is 2.52. The first kappa shape index (κ1) is 34.6. The number of esters is 1. The van der Waals surface area contributed by atoms with Crippen molar-refractivity contribution in [3.63, 3.8) is 0 Å². The van der Waals surface area contributed by atoms with Crippen LogP contribution in [0.15, 0.2) is 48.8 Å². The predicted molar refractivity (Wildman–Crippen MR) is 170 cm³/mol. The second-order valence-electron chi connectivity index (χ2n) is 12.9. The number of fused-ring (bicyclic) bond motifs is 2. The van der Waals surface area contributed by atoms with E-state index >= 15 is 8.78 Å². The highest BCUT2D eigenvalue weighted by molar-refractivity contribution is 7.52. The number of halogens is 2. The van der Waals surface area contributed by atoms with E-state index in [1.165, 1.54) is 19.3 Å². The van der Waals surface area contributed by atoms with Crippen molar-refractivity contribution in [2.24, 2.45) is 5.41 Å². The van der Waals surface area contributed by atoms with Gasteiger partial charge in [0.25, 0.3) is 5.85 Å². The molecule has 1 aliphatic heterocycles. The molecule has 47 heavy (non-hydrogen) atoms. The van der Waals surface area contributed by atoms with Crippen molar-refractivity contribution in [1.29, 1.82) is 0 Å². The molecule has 2 aromatic heterocycles. The minimum atomic E-state index is -4.67. The van der Waals surface area contributed by atoms with E-state index in [0.29, 0.717) is 17.0 Å². The summed E-state index contributed by atoms with van der Waals surface area (Å²) < 4.78 is 70.4. The fraction of sp³-hybridized carbons (Fsp3) is 0.484. The quantitative estimate of drug-likeness (QED) is 0.138. The zero-order chi connectivity index (χ0) is 34.4. The number of carbonyl (C=O) groups excluding carboxylic acids is 1. The number of nitrogens with zero attached hydrogens (tertiary/aromatic N) is 4. The van der Waals surface area contributed by atoms with Gasteiger partial charge in [-0.1, -0.05) is 57.2 Å². The molecule has 0 unspecified atom stereocenters. The Morgan fingerprint density at radius 3 is 2.60 bits per heavy atom. The molecule has 0 saturated carbocycles. The van der Waals surface area contributed by atoms with Crippen LogP contribution in [0.3, 0.4) is 0 Å². The molecule has 0 amide bonds. The molecule has 3 heterocycles. The average molecular weight is 677 g/mol. The summed E-state index contributed by atoms with van der Waals surface area (Å²) in [6, 6.07) is 10.8. The lowest BCUT2D eigenvalue weighted by Gasteiger charge is -2.28. The highest BCUT2D eigenvalue weighted by Gasteiger charge is 2.65. The van der Waals surface area contributed by atoms with Gasteiger partial charge in [-0.15, -0.1) is 0 Å². The summed E-state index contributed by atoms with van der Waals surface area (Å²) in [5, 5.41) is 17.6. The monoisotopic (exact) mass is 676 g/mol. The predicted octanol–water partition coefficient (Wildman–Crippen LogP) is 5.38. The van der Waals surface area contributed by atoms with Crippen LogP contribution in [0.1, 0.15) is 46.7 Å². The number of rotatable bonds is 11. The van der Waals surface area contributed by atoms with E-state index < -0.39 is 50.2 Å². The topological polar surface area (TPSA) is 159 Å². The number of benzene rings is 2. The fourth-order valence-electron chi connectivity index (χ4n) is 5.10. The molecule has 1 fully saturated rings. The second kappa shape index (κ2) is 12.7. The van der Waals surface area contributed by atoms with E-state index in [0.717, 1.165) is 16.9 Å². The molecule has 16 heteroatoms. The number of carbonyl (C=O) groups is 1. The largest absolute Gasteiger partial charge is 0.464 e. The van der Waals surface area contributed by atoms with Crippen molar-refractivity contribution in [3.8, 4) is 5.75 Å². The maximum atomic E-state index is 16.5. The minimum absolute atomic E-state index is 0.0699. The van der Waals surface area contributed by atoms with Gasteiger partial charge in [0.1, 0.15) is 24.2 Å². The fourth-order valence-corrected chi connectivity index (χ4v) is 6.63. The molecule has 6 atom stereocenters. The number of anilines is 1. The third-order valence-electron chi connectivity index (χ3n) is 7.51. The number of alkyl halides is 2. The van der Waals surface area contributed by atoms with Crippen LogP contribution in [0, 0.1) is 12.3 Å². The maximum Gasteiger partial charge on any atom is 0.459 e. The summed E-state index contributed by atoms with van der Waals surface area (Å²) in [7, 11) is -3.05. The third kappa shape index (κ3) is 7.09. The highest BCUT2D eigenvalue weighted by atomic mass is 31.2. The van der Waals surface area contributed by atoms with E-state index in [2.05, 4.69) is 25.4 Å². The Hall–Kier alpha value is -3.75. The SMILES string of the molecule is CNc1nc(C)nc2c1ncn2[C@@H]1O[C@](F)(CO[P@](=O)(N[C@H](C)C(=O)OCC(C)(C)C)Oc2cccc3ccccc23)[C@@H](O)[C@@]1(C)F. The number of hydrogen-bond acceptors (Lipinski definition) is 11. The van der Waals surface area contributed by atoms with Crippen LogP contribution in [0.4, 0.5) is 14.6 Å². The first-order valence-corrected chi connectivity index (χ1v) is 16.5. The van der Waals surface area contributed by atoms with E-state index in [-0.39, 0.29) is 28.9 Å². The van der Waals surface area contributed by atoms with Gasteiger partial charge in [0.15, 0.2) is 35.0 Å². The number of aliphatic hydroxyl groups excluding tert-OH is 1. The lowest BCUT2D eigenvalue weighted by molar-refractivity contribution is -0.202. The van der Waals surface area contributed by atoms with Crippen LogP contribution in [0.2, 0.25) is 0 Å². The van der Waals surface area contributed by atoms with Gasteiger partial charge in [0.05, 0.1) is 12.9 Å². The zero-order valence-corrected chi connectivity index (χ0v) is 28.0. The van der Waals surface area contributed by atoms with Gasteiger partial charge in [-0.05, 0) is 37.6 Å². The maximum absolute atomic E-state index is 16.5. The minimum Gasteiger partial charge on any atom is -0.464 e. The van der Waals surface area contributed by atoms with Crippen LogP contribution in [0.25, 0.3) is 21.9 Å². The standard InChI is InChI=1S/C31H39F2N6O7P/c1-18(26(40)43-15-29(3,4)5)38-47(42,46-22-14-10-12-20-11-8-9-13-21(20)22)44-16-31(33)27(41)30(6,32)28(45-31)39-17-35-23-24(34-7)36-19(2)37-25(23)39/h8-14,17-18,27-28,41H,15-16H2,1-7H3,(H,38,42)(H,34,36,37)/t18-,27+,28-,30-,31-,47-/m1/s1. The van der Waals surface area contributed by atoms with Gasteiger partial charge < -0.3 is 24.4 Å². The van der Waals surface area contributed by atoms with Crippen LogP contribution >= 0.6 is 7.75 Å².